The fourth-order valence-corrected chi connectivity index (χ4v) is 3.36. The van der Waals surface area contributed by atoms with Crippen molar-refractivity contribution in [1.29, 1.82) is 0 Å². The molecule has 1 aromatic rings. The molecule has 0 spiro atoms. The topological polar surface area (TPSA) is 127 Å². The first-order valence-electron chi connectivity index (χ1n) is 9.18. The average Bonchev–Trinajstić information content (AvgIpc) is 2.64. The molecule has 0 aromatic heterocycles. The summed E-state index contributed by atoms with van der Waals surface area (Å²) in [5, 5.41) is 5.65. The Morgan fingerprint density at radius 1 is 1.08 bits per heavy atom. The van der Waals surface area contributed by atoms with E-state index in [1.165, 1.54) is 32.1 Å². The second-order valence-corrected chi connectivity index (χ2v) is 6.86. The van der Waals surface area contributed by atoms with E-state index in [4.69, 9.17) is 11.5 Å². The smallest absolute Gasteiger partial charge is 0.250 e. The number of hydrogen-bond donors (Lipinski definition) is 4. The van der Waals surface area contributed by atoms with Crippen LogP contribution >= 0.6 is 0 Å². The molecule has 7 nitrogen and oxygen atoms in total. The molecular formula is C19H28N4O3. The lowest BCUT2D eigenvalue weighted by Crippen LogP contribution is -2.48. The van der Waals surface area contributed by atoms with Crippen LogP contribution < -0.4 is 22.1 Å². The Morgan fingerprint density at radius 2 is 1.77 bits per heavy atom. The van der Waals surface area contributed by atoms with E-state index in [0.717, 1.165) is 6.42 Å². The Balaban J connectivity index is 1.85. The highest BCUT2D eigenvalue weighted by Gasteiger charge is 2.20. The van der Waals surface area contributed by atoms with E-state index in [9.17, 15) is 14.4 Å². The number of hydrogen-bond acceptors (Lipinski definition) is 4. The van der Waals surface area contributed by atoms with Gasteiger partial charge in [0.2, 0.25) is 11.8 Å². The summed E-state index contributed by atoms with van der Waals surface area (Å²) >= 11 is 0. The van der Waals surface area contributed by atoms with Crippen LogP contribution in [-0.2, 0) is 9.59 Å². The number of nitrogens with two attached hydrogens (primary N) is 2. The minimum atomic E-state index is -0.852. The standard InChI is InChI=1S/C19H28N4O3/c20-18(25)14-8-4-5-9-15(14)22-12-16(19(21)26)23-17(24)11-10-13-6-2-1-3-7-13/h4-5,8-9,13,16,22H,1-3,6-7,10-12H2,(H2,20,25)(H2,21,26)(H,23,24). The van der Waals surface area contributed by atoms with Gasteiger partial charge in [0.05, 0.1) is 5.56 Å². The van der Waals surface area contributed by atoms with E-state index in [2.05, 4.69) is 10.6 Å². The van der Waals surface area contributed by atoms with Crippen molar-refractivity contribution in [2.45, 2.75) is 51.0 Å². The third-order valence-corrected chi connectivity index (χ3v) is 4.87. The van der Waals surface area contributed by atoms with Crippen LogP contribution in [0, 0.1) is 5.92 Å². The van der Waals surface area contributed by atoms with Crippen molar-refractivity contribution in [1.82, 2.24) is 5.32 Å². The Labute approximate surface area is 153 Å². The third kappa shape index (κ3) is 6.06. The summed E-state index contributed by atoms with van der Waals surface area (Å²) < 4.78 is 0. The van der Waals surface area contributed by atoms with Gasteiger partial charge in [0, 0.05) is 18.7 Å². The molecule has 3 amide bonds. The van der Waals surface area contributed by atoms with Gasteiger partial charge in [-0.05, 0) is 24.5 Å². The lowest BCUT2D eigenvalue weighted by molar-refractivity contribution is -0.127. The van der Waals surface area contributed by atoms with Crippen LogP contribution in [0.15, 0.2) is 24.3 Å². The number of rotatable bonds is 9. The van der Waals surface area contributed by atoms with Gasteiger partial charge in [-0.3, -0.25) is 14.4 Å². The molecular weight excluding hydrogens is 332 g/mol. The normalized spacial score (nSPS) is 15.8. The maximum atomic E-state index is 12.2. The molecule has 0 radical (unpaired) electrons. The van der Waals surface area contributed by atoms with E-state index in [0.29, 0.717) is 23.6 Å². The second kappa shape index (κ2) is 9.79. The summed E-state index contributed by atoms with van der Waals surface area (Å²) in [5.74, 6) is -0.772. The van der Waals surface area contributed by atoms with Crippen molar-refractivity contribution in [3.8, 4) is 0 Å². The summed E-state index contributed by atoms with van der Waals surface area (Å²) in [6.45, 7) is 0.0921. The average molecular weight is 360 g/mol. The van der Waals surface area contributed by atoms with Gasteiger partial charge in [-0.1, -0.05) is 44.2 Å². The van der Waals surface area contributed by atoms with Crippen molar-refractivity contribution >= 4 is 23.4 Å². The summed E-state index contributed by atoms with van der Waals surface area (Å²) in [5.41, 5.74) is 11.6. The fourth-order valence-electron chi connectivity index (χ4n) is 3.36. The van der Waals surface area contributed by atoms with Gasteiger partial charge < -0.3 is 22.1 Å². The molecule has 1 unspecified atom stereocenters. The number of para-hydroxylation sites is 1. The second-order valence-electron chi connectivity index (χ2n) is 6.86. The van der Waals surface area contributed by atoms with Crippen LogP contribution in [0.25, 0.3) is 0 Å². The summed E-state index contributed by atoms with van der Waals surface area (Å²) in [6.07, 6.45) is 7.35. The molecule has 1 aromatic carbocycles. The van der Waals surface area contributed by atoms with Crippen molar-refractivity contribution in [3.63, 3.8) is 0 Å². The molecule has 0 saturated heterocycles. The molecule has 1 fully saturated rings. The molecule has 6 N–H and O–H groups in total. The molecule has 1 atom stereocenters. The van der Waals surface area contributed by atoms with Crippen LogP contribution in [0.3, 0.4) is 0 Å². The Kier molecular flexibility index (Phi) is 7.44. The third-order valence-electron chi connectivity index (χ3n) is 4.87. The minimum absolute atomic E-state index is 0.0921. The molecule has 1 aliphatic carbocycles. The van der Waals surface area contributed by atoms with E-state index in [1.54, 1.807) is 24.3 Å². The van der Waals surface area contributed by atoms with E-state index >= 15 is 0 Å². The van der Waals surface area contributed by atoms with Crippen LogP contribution in [-0.4, -0.2) is 30.3 Å². The monoisotopic (exact) mass is 360 g/mol. The number of nitrogens with one attached hydrogen (secondary N) is 2. The van der Waals surface area contributed by atoms with Gasteiger partial charge in [-0.15, -0.1) is 0 Å². The zero-order valence-corrected chi connectivity index (χ0v) is 15.0. The van der Waals surface area contributed by atoms with E-state index < -0.39 is 17.9 Å². The van der Waals surface area contributed by atoms with Crippen molar-refractivity contribution in [2.24, 2.45) is 17.4 Å². The van der Waals surface area contributed by atoms with Gasteiger partial charge in [0.25, 0.3) is 5.91 Å². The molecule has 1 saturated carbocycles. The lowest BCUT2D eigenvalue weighted by atomic mass is 9.86. The minimum Gasteiger partial charge on any atom is -0.382 e. The highest BCUT2D eigenvalue weighted by molar-refractivity contribution is 5.98. The SMILES string of the molecule is NC(=O)c1ccccc1NCC(NC(=O)CCC1CCCCC1)C(N)=O. The lowest BCUT2D eigenvalue weighted by Gasteiger charge is -2.22. The first-order valence-corrected chi connectivity index (χ1v) is 9.18. The maximum Gasteiger partial charge on any atom is 0.250 e. The number of primary amides is 2. The first kappa shape index (κ1) is 19.8. The molecule has 2 rings (SSSR count). The zero-order valence-electron chi connectivity index (χ0n) is 15.0. The molecule has 0 bridgehead atoms. The van der Waals surface area contributed by atoms with Gasteiger partial charge in [-0.25, -0.2) is 0 Å². The van der Waals surface area contributed by atoms with Gasteiger partial charge in [0.1, 0.15) is 6.04 Å². The van der Waals surface area contributed by atoms with E-state index in [-0.39, 0.29) is 12.5 Å². The molecule has 26 heavy (non-hydrogen) atoms. The predicted molar refractivity (Wildman–Crippen MR) is 100 cm³/mol. The molecule has 0 aliphatic heterocycles. The van der Waals surface area contributed by atoms with Crippen LogP contribution in [0.2, 0.25) is 0 Å². The van der Waals surface area contributed by atoms with Gasteiger partial charge >= 0.3 is 0 Å². The van der Waals surface area contributed by atoms with Crippen molar-refractivity contribution < 1.29 is 14.4 Å². The van der Waals surface area contributed by atoms with Gasteiger partial charge in [-0.2, -0.15) is 0 Å². The van der Waals surface area contributed by atoms with E-state index in [1.807, 2.05) is 0 Å². The summed E-state index contributed by atoms with van der Waals surface area (Å²) in [7, 11) is 0. The number of anilines is 1. The number of amides is 3. The summed E-state index contributed by atoms with van der Waals surface area (Å²) in [6, 6.07) is 5.87. The highest BCUT2D eigenvalue weighted by atomic mass is 16.2. The zero-order chi connectivity index (χ0) is 18.9. The molecule has 0 heterocycles. The van der Waals surface area contributed by atoms with Gasteiger partial charge in [0.15, 0.2) is 0 Å². The largest absolute Gasteiger partial charge is 0.382 e. The Bertz CT molecular complexity index is 641. The quantitative estimate of drug-likeness (QED) is 0.532. The number of carbonyl (C=O) groups is 3. The van der Waals surface area contributed by atoms with Crippen LogP contribution in [0.1, 0.15) is 55.3 Å². The number of carbonyl (C=O) groups excluding carboxylic acids is 3. The van der Waals surface area contributed by atoms with Crippen LogP contribution in [0.4, 0.5) is 5.69 Å². The summed E-state index contributed by atoms with van der Waals surface area (Å²) in [4.78, 5) is 35.3. The Hall–Kier alpha value is -2.57. The maximum absolute atomic E-state index is 12.2. The predicted octanol–water partition coefficient (Wildman–Crippen LogP) is 1.53. The highest BCUT2D eigenvalue weighted by Crippen LogP contribution is 2.27. The van der Waals surface area contributed by atoms with Crippen LogP contribution in [0.5, 0.6) is 0 Å². The molecule has 7 heteroatoms. The first-order chi connectivity index (χ1) is 12.5. The number of benzene rings is 1. The van der Waals surface area contributed by atoms with Crippen molar-refractivity contribution in [2.75, 3.05) is 11.9 Å². The Morgan fingerprint density at radius 3 is 2.42 bits per heavy atom. The molecule has 1 aliphatic rings. The van der Waals surface area contributed by atoms with Crippen molar-refractivity contribution in [3.05, 3.63) is 29.8 Å². The molecule has 142 valence electrons. The fraction of sp³-hybridized carbons (Fsp3) is 0.526.